The van der Waals surface area contributed by atoms with E-state index in [4.69, 9.17) is 0 Å². The Morgan fingerprint density at radius 2 is 1.57 bits per heavy atom. The van der Waals surface area contributed by atoms with Crippen LogP contribution < -0.4 is 33.4 Å². The minimum absolute atomic E-state index is 0. The Kier molecular flexibility index (Phi) is 6.76. The summed E-state index contributed by atoms with van der Waals surface area (Å²) in [7, 11) is 6.30. The van der Waals surface area contributed by atoms with Crippen molar-refractivity contribution in [2.75, 3.05) is 19.0 Å². The molecule has 1 heterocycles. The Bertz CT molecular complexity index is 1150. The van der Waals surface area contributed by atoms with Crippen LogP contribution in [0.5, 0.6) is 0 Å². The SMILES string of the molecule is CN(C)c1ccc(C=CC=Cc2[se]c3c4ccccc4ccc3[n+]2C)cc1.[I-]. The number of nitrogens with zero attached hydrogens (tertiary/aromatic N) is 2. The molecule has 2 nitrogen and oxygen atoms in total. The average molecular weight is 545 g/mol. The van der Waals surface area contributed by atoms with E-state index in [2.05, 4.69) is 116 Å². The second-order valence-corrected chi connectivity index (χ2v) is 9.00. The van der Waals surface area contributed by atoms with Crippen molar-refractivity contribution in [3.63, 3.8) is 0 Å². The van der Waals surface area contributed by atoms with Crippen LogP contribution in [0.4, 0.5) is 5.69 Å². The second kappa shape index (κ2) is 9.08. The molecular formula is C24H23IN2Se. The summed E-state index contributed by atoms with van der Waals surface area (Å²) in [5.41, 5.74) is 3.78. The van der Waals surface area contributed by atoms with Gasteiger partial charge in [0.05, 0.1) is 0 Å². The molecule has 0 aliphatic heterocycles. The normalized spacial score (nSPS) is 11.5. The van der Waals surface area contributed by atoms with E-state index in [-0.39, 0.29) is 24.0 Å². The molecule has 4 rings (SSSR count). The van der Waals surface area contributed by atoms with E-state index in [9.17, 15) is 0 Å². The zero-order valence-electron chi connectivity index (χ0n) is 16.3. The first kappa shape index (κ1) is 20.8. The van der Waals surface area contributed by atoms with Crippen molar-refractivity contribution in [1.82, 2.24) is 0 Å². The molecule has 3 aromatic carbocycles. The fourth-order valence-corrected chi connectivity index (χ4v) is 5.74. The summed E-state index contributed by atoms with van der Waals surface area (Å²) in [6.07, 6.45) is 8.69. The van der Waals surface area contributed by atoms with Crippen molar-refractivity contribution in [2.45, 2.75) is 0 Å². The number of halogens is 1. The van der Waals surface area contributed by atoms with Gasteiger partial charge in [0.1, 0.15) is 0 Å². The summed E-state index contributed by atoms with van der Waals surface area (Å²) < 4.78 is 5.21. The number of hydrogen-bond acceptors (Lipinski definition) is 1. The van der Waals surface area contributed by atoms with Gasteiger partial charge in [-0.05, 0) is 0 Å². The quantitative estimate of drug-likeness (QED) is 0.164. The van der Waals surface area contributed by atoms with Crippen LogP contribution in [-0.4, -0.2) is 28.6 Å². The Morgan fingerprint density at radius 1 is 0.857 bits per heavy atom. The first-order chi connectivity index (χ1) is 13.1. The van der Waals surface area contributed by atoms with Crippen LogP contribution in [-0.2, 0) is 7.05 Å². The number of allylic oxidation sites excluding steroid dienone is 2. The predicted molar refractivity (Wildman–Crippen MR) is 118 cm³/mol. The summed E-state index contributed by atoms with van der Waals surface area (Å²) in [6.45, 7) is 0. The fraction of sp³-hybridized carbons (Fsp3) is 0.125. The molecule has 0 fully saturated rings. The summed E-state index contributed by atoms with van der Waals surface area (Å²) in [5, 5.41) is 2.72. The van der Waals surface area contributed by atoms with Gasteiger partial charge in [0, 0.05) is 0 Å². The van der Waals surface area contributed by atoms with Crippen molar-refractivity contribution >= 4 is 52.9 Å². The van der Waals surface area contributed by atoms with Crippen molar-refractivity contribution in [1.29, 1.82) is 0 Å². The first-order valence-corrected chi connectivity index (χ1v) is 10.8. The molecule has 0 amide bonds. The fourth-order valence-electron chi connectivity index (χ4n) is 3.23. The molecule has 0 aliphatic carbocycles. The van der Waals surface area contributed by atoms with Gasteiger partial charge in [-0.3, -0.25) is 0 Å². The predicted octanol–water partition coefficient (Wildman–Crippen LogP) is 1.67. The van der Waals surface area contributed by atoms with Gasteiger partial charge in [0.15, 0.2) is 0 Å². The van der Waals surface area contributed by atoms with Gasteiger partial charge in [0.25, 0.3) is 0 Å². The van der Waals surface area contributed by atoms with Gasteiger partial charge >= 0.3 is 166 Å². The van der Waals surface area contributed by atoms with E-state index < -0.39 is 0 Å². The number of aryl methyl sites for hydroxylation is 1. The molecule has 0 saturated carbocycles. The van der Waals surface area contributed by atoms with Crippen molar-refractivity contribution in [3.8, 4) is 0 Å². The topological polar surface area (TPSA) is 7.12 Å². The van der Waals surface area contributed by atoms with Gasteiger partial charge in [-0.15, -0.1) is 0 Å². The molecule has 0 spiro atoms. The van der Waals surface area contributed by atoms with Crippen LogP contribution in [0.1, 0.15) is 10.1 Å². The maximum atomic E-state index is 2.33. The van der Waals surface area contributed by atoms with Gasteiger partial charge in [0.2, 0.25) is 0 Å². The number of fused-ring (bicyclic) bond motifs is 3. The number of anilines is 1. The molecular weight excluding hydrogens is 522 g/mol. The number of rotatable bonds is 4. The first-order valence-electron chi connectivity index (χ1n) is 9.06. The van der Waals surface area contributed by atoms with Gasteiger partial charge in [-0.2, -0.15) is 0 Å². The Labute approximate surface area is 189 Å². The average Bonchev–Trinajstić information content (AvgIpc) is 3.02. The van der Waals surface area contributed by atoms with E-state index >= 15 is 0 Å². The van der Waals surface area contributed by atoms with Crippen LogP contribution in [0, 0.1) is 0 Å². The molecule has 1 aromatic heterocycles. The molecule has 0 saturated heterocycles. The molecule has 0 atom stereocenters. The largest absolute Gasteiger partial charge is 1.00 e. The van der Waals surface area contributed by atoms with E-state index in [0.717, 1.165) is 0 Å². The molecule has 0 radical (unpaired) electrons. The Morgan fingerprint density at radius 3 is 2.32 bits per heavy atom. The maximum Gasteiger partial charge on any atom is -1.00 e. The molecule has 4 aromatic rings. The third-order valence-corrected chi connectivity index (χ3v) is 7.43. The molecule has 142 valence electrons. The monoisotopic (exact) mass is 546 g/mol. The zero-order chi connectivity index (χ0) is 18.8. The van der Waals surface area contributed by atoms with E-state index in [0.29, 0.717) is 14.5 Å². The van der Waals surface area contributed by atoms with Gasteiger partial charge in [-0.1, -0.05) is 0 Å². The molecule has 4 heteroatoms. The van der Waals surface area contributed by atoms with Gasteiger partial charge < -0.3 is 24.0 Å². The van der Waals surface area contributed by atoms with Crippen LogP contribution >= 0.6 is 0 Å². The van der Waals surface area contributed by atoms with E-state index in [1.165, 1.54) is 36.4 Å². The van der Waals surface area contributed by atoms with Crippen LogP contribution in [0.15, 0.2) is 72.8 Å². The second-order valence-electron chi connectivity index (χ2n) is 6.84. The third kappa shape index (κ3) is 4.24. The summed E-state index contributed by atoms with van der Waals surface area (Å²) in [6, 6.07) is 21.8. The third-order valence-electron chi connectivity index (χ3n) is 4.81. The minimum Gasteiger partial charge on any atom is -1.00 e. The van der Waals surface area contributed by atoms with Crippen molar-refractivity contribution in [2.24, 2.45) is 7.05 Å². The molecule has 0 unspecified atom stereocenters. The Balaban J connectivity index is 0.00000225. The number of benzene rings is 3. The van der Waals surface area contributed by atoms with Gasteiger partial charge in [-0.25, -0.2) is 0 Å². The minimum atomic E-state index is 0. The molecule has 0 aliphatic rings. The Hall–Kier alpha value is -1.88. The smallest absolute Gasteiger partial charge is 1.00 e. The summed E-state index contributed by atoms with van der Waals surface area (Å²) in [4.78, 5) is 2.11. The van der Waals surface area contributed by atoms with Crippen LogP contribution in [0.3, 0.4) is 0 Å². The number of aromatic nitrogens is 1. The zero-order valence-corrected chi connectivity index (χ0v) is 20.1. The summed E-state index contributed by atoms with van der Waals surface area (Å²) in [5.74, 6) is 0. The molecule has 28 heavy (non-hydrogen) atoms. The van der Waals surface area contributed by atoms with E-state index in [1.54, 1.807) is 0 Å². The standard InChI is InChI=1S/C24H23N2Se.HI/c1-25(2)20-15-12-18(13-16-20)8-4-7-11-23-26(3)22-17-14-19-9-5-6-10-21(19)24(22)27-23;/h4-17H,1-3H3;1H/q+1;/p-1. The number of hydrogen-bond donors (Lipinski definition) is 0. The van der Waals surface area contributed by atoms with E-state index in [1.807, 2.05) is 0 Å². The molecule has 0 bridgehead atoms. The van der Waals surface area contributed by atoms with Crippen LogP contribution in [0.25, 0.3) is 32.7 Å². The van der Waals surface area contributed by atoms with Crippen molar-refractivity contribution in [3.05, 3.63) is 82.9 Å². The van der Waals surface area contributed by atoms with Crippen LogP contribution in [0.2, 0.25) is 0 Å². The molecule has 0 N–H and O–H groups in total. The maximum absolute atomic E-state index is 2.33. The van der Waals surface area contributed by atoms with Crippen molar-refractivity contribution < 1.29 is 28.5 Å². The summed E-state index contributed by atoms with van der Waals surface area (Å²) >= 11 is 0.336.